The molecular formula is C12H17F2N. The van der Waals surface area contributed by atoms with Gasteiger partial charge in [0.2, 0.25) is 0 Å². The number of alkyl halides is 2. The van der Waals surface area contributed by atoms with Crippen molar-refractivity contribution in [2.24, 2.45) is 5.73 Å². The molecule has 0 atom stereocenters. The second-order valence-electron chi connectivity index (χ2n) is 3.79. The fourth-order valence-electron chi connectivity index (χ4n) is 1.63. The highest BCUT2D eigenvalue weighted by atomic mass is 19.3. The summed E-state index contributed by atoms with van der Waals surface area (Å²) in [5, 5.41) is 0. The van der Waals surface area contributed by atoms with E-state index < -0.39 is 5.92 Å². The van der Waals surface area contributed by atoms with Crippen LogP contribution < -0.4 is 5.73 Å². The number of benzene rings is 1. The maximum absolute atomic E-state index is 13.2. The quantitative estimate of drug-likeness (QED) is 0.747. The molecule has 0 unspecified atom stereocenters. The van der Waals surface area contributed by atoms with Crippen LogP contribution in [-0.2, 0) is 12.3 Å². The van der Waals surface area contributed by atoms with Crippen LogP contribution in [0.3, 0.4) is 0 Å². The average molecular weight is 213 g/mol. The van der Waals surface area contributed by atoms with Gasteiger partial charge in [-0.1, -0.05) is 24.3 Å². The van der Waals surface area contributed by atoms with Gasteiger partial charge in [0.05, 0.1) is 0 Å². The van der Waals surface area contributed by atoms with E-state index in [2.05, 4.69) is 0 Å². The number of aryl methyl sites for hydroxylation is 1. The molecule has 1 aromatic carbocycles. The summed E-state index contributed by atoms with van der Waals surface area (Å²) in [4.78, 5) is 0. The van der Waals surface area contributed by atoms with E-state index in [1.165, 1.54) is 6.07 Å². The van der Waals surface area contributed by atoms with Crippen molar-refractivity contribution in [1.29, 1.82) is 0 Å². The summed E-state index contributed by atoms with van der Waals surface area (Å²) >= 11 is 0. The Hall–Kier alpha value is -0.960. The van der Waals surface area contributed by atoms with Crippen molar-refractivity contribution >= 4 is 0 Å². The minimum absolute atomic E-state index is 0.141. The Morgan fingerprint density at radius 1 is 1.20 bits per heavy atom. The zero-order valence-corrected chi connectivity index (χ0v) is 8.97. The van der Waals surface area contributed by atoms with Crippen LogP contribution in [0.1, 0.15) is 30.9 Å². The normalized spacial score (nSPS) is 11.7. The second-order valence-corrected chi connectivity index (χ2v) is 3.79. The summed E-state index contributed by atoms with van der Waals surface area (Å²) in [6.45, 7) is 1.56. The second kappa shape index (κ2) is 5.21. The maximum atomic E-state index is 13.2. The van der Waals surface area contributed by atoms with Gasteiger partial charge in [-0.3, -0.25) is 0 Å². The van der Waals surface area contributed by atoms with Crippen molar-refractivity contribution < 1.29 is 8.78 Å². The van der Waals surface area contributed by atoms with E-state index >= 15 is 0 Å². The topological polar surface area (TPSA) is 26.0 Å². The Kier molecular flexibility index (Phi) is 4.21. The van der Waals surface area contributed by atoms with Crippen molar-refractivity contribution in [3.8, 4) is 0 Å². The van der Waals surface area contributed by atoms with Crippen LogP contribution in [0.2, 0.25) is 0 Å². The summed E-state index contributed by atoms with van der Waals surface area (Å²) in [5.74, 6) is -2.75. The molecule has 3 heteroatoms. The van der Waals surface area contributed by atoms with E-state index in [1.54, 1.807) is 18.2 Å². The number of nitrogens with two attached hydrogens (primary N) is 1. The van der Waals surface area contributed by atoms with E-state index in [-0.39, 0.29) is 5.56 Å². The summed E-state index contributed by atoms with van der Waals surface area (Å²) < 4.78 is 26.4. The molecule has 1 aromatic rings. The number of unbranched alkanes of at least 4 members (excludes halogenated alkanes) is 1. The lowest BCUT2D eigenvalue weighted by atomic mass is 9.98. The van der Waals surface area contributed by atoms with Gasteiger partial charge < -0.3 is 5.73 Å². The van der Waals surface area contributed by atoms with Gasteiger partial charge >= 0.3 is 0 Å². The van der Waals surface area contributed by atoms with E-state index in [4.69, 9.17) is 5.73 Å². The Morgan fingerprint density at radius 3 is 2.47 bits per heavy atom. The summed E-state index contributed by atoms with van der Waals surface area (Å²) in [6.07, 6.45) is 2.42. The fourth-order valence-corrected chi connectivity index (χ4v) is 1.63. The third kappa shape index (κ3) is 3.59. The Labute approximate surface area is 89.3 Å². The van der Waals surface area contributed by atoms with Crippen LogP contribution in [0.25, 0.3) is 0 Å². The van der Waals surface area contributed by atoms with Gasteiger partial charge in [0.25, 0.3) is 5.92 Å². The van der Waals surface area contributed by atoms with Crippen LogP contribution in [-0.4, -0.2) is 6.54 Å². The number of halogens is 2. The Bertz CT molecular complexity index is 305. The molecule has 15 heavy (non-hydrogen) atoms. The van der Waals surface area contributed by atoms with Gasteiger partial charge in [0, 0.05) is 12.5 Å². The van der Waals surface area contributed by atoms with Crippen LogP contribution >= 0.6 is 0 Å². The monoisotopic (exact) mass is 213 g/mol. The fraction of sp³-hybridized carbons (Fsp3) is 0.500. The summed E-state index contributed by atoms with van der Waals surface area (Å²) in [7, 11) is 0. The van der Waals surface area contributed by atoms with Crippen molar-refractivity contribution in [2.75, 3.05) is 6.54 Å². The molecule has 0 spiro atoms. The van der Waals surface area contributed by atoms with Crippen molar-refractivity contribution in [1.82, 2.24) is 0 Å². The first-order valence-electron chi connectivity index (χ1n) is 5.22. The lowest BCUT2D eigenvalue weighted by molar-refractivity contribution is 0.0165. The molecule has 1 rings (SSSR count). The Morgan fingerprint density at radius 2 is 1.87 bits per heavy atom. The zero-order valence-electron chi connectivity index (χ0n) is 8.97. The SMILES string of the molecule is CC(F)(F)c1ccccc1CCCCN. The lowest BCUT2D eigenvalue weighted by Crippen LogP contribution is -2.11. The average Bonchev–Trinajstić information content (AvgIpc) is 2.17. The first-order chi connectivity index (χ1) is 7.05. The molecule has 2 N–H and O–H groups in total. The van der Waals surface area contributed by atoms with E-state index in [9.17, 15) is 8.78 Å². The standard InChI is InChI=1S/C12H17F2N/c1-12(13,14)11-8-3-2-6-10(11)7-4-5-9-15/h2-3,6,8H,4-5,7,9,15H2,1H3. The van der Waals surface area contributed by atoms with Crippen molar-refractivity contribution in [2.45, 2.75) is 32.1 Å². The predicted octanol–water partition coefficient (Wildman–Crippen LogP) is 3.08. The molecule has 0 radical (unpaired) electrons. The molecular weight excluding hydrogens is 196 g/mol. The van der Waals surface area contributed by atoms with Gasteiger partial charge in [-0.15, -0.1) is 0 Å². The molecule has 0 aliphatic heterocycles. The molecule has 0 aliphatic carbocycles. The molecule has 1 nitrogen and oxygen atoms in total. The van der Waals surface area contributed by atoms with E-state index in [0.717, 1.165) is 25.3 Å². The minimum atomic E-state index is -2.75. The van der Waals surface area contributed by atoms with Gasteiger partial charge in [0.1, 0.15) is 0 Å². The molecule has 0 saturated heterocycles. The maximum Gasteiger partial charge on any atom is 0.270 e. The largest absolute Gasteiger partial charge is 0.330 e. The zero-order chi connectivity index (χ0) is 11.3. The third-order valence-corrected chi connectivity index (χ3v) is 2.39. The molecule has 0 fully saturated rings. The first kappa shape index (κ1) is 12.1. The van der Waals surface area contributed by atoms with Crippen LogP contribution in [0.4, 0.5) is 8.78 Å². The van der Waals surface area contributed by atoms with Crippen molar-refractivity contribution in [3.05, 3.63) is 35.4 Å². The van der Waals surface area contributed by atoms with Gasteiger partial charge in [-0.05, 0) is 31.4 Å². The van der Waals surface area contributed by atoms with Gasteiger partial charge in [-0.25, -0.2) is 8.78 Å². The molecule has 0 saturated carbocycles. The number of hydrogen-bond acceptors (Lipinski definition) is 1. The molecule has 0 heterocycles. The molecule has 0 bridgehead atoms. The molecule has 0 aliphatic rings. The van der Waals surface area contributed by atoms with Crippen LogP contribution in [0, 0.1) is 0 Å². The highest BCUT2D eigenvalue weighted by molar-refractivity contribution is 5.30. The Balaban J connectivity index is 2.78. The highest BCUT2D eigenvalue weighted by Crippen LogP contribution is 2.30. The van der Waals surface area contributed by atoms with Gasteiger partial charge in [-0.2, -0.15) is 0 Å². The lowest BCUT2D eigenvalue weighted by Gasteiger charge is -2.15. The highest BCUT2D eigenvalue weighted by Gasteiger charge is 2.26. The molecule has 0 amide bonds. The van der Waals surface area contributed by atoms with E-state index in [1.807, 2.05) is 0 Å². The molecule has 0 aromatic heterocycles. The van der Waals surface area contributed by atoms with E-state index in [0.29, 0.717) is 13.0 Å². The van der Waals surface area contributed by atoms with Crippen LogP contribution in [0.5, 0.6) is 0 Å². The third-order valence-electron chi connectivity index (χ3n) is 2.39. The minimum Gasteiger partial charge on any atom is -0.330 e. The van der Waals surface area contributed by atoms with Crippen LogP contribution in [0.15, 0.2) is 24.3 Å². The smallest absolute Gasteiger partial charge is 0.270 e. The first-order valence-corrected chi connectivity index (χ1v) is 5.22. The number of hydrogen-bond donors (Lipinski definition) is 1. The van der Waals surface area contributed by atoms with Gasteiger partial charge in [0.15, 0.2) is 0 Å². The molecule has 84 valence electrons. The predicted molar refractivity (Wildman–Crippen MR) is 58.0 cm³/mol. The number of rotatable bonds is 5. The summed E-state index contributed by atoms with van der Waals surface area (Å²) in [5.41, 5.74) is 6.24. The van der Waals surface area contributed by atoms with Crippen molar-refractivity contribution in [3.63, 3.8) is 0 Å². The summed E-state index contributed by atoms with van der Waals surface area (Å²) in [6, 6.07) is 6.72.